The molecule has 5 heteroatoms. The molecule has 3 aliphatic heterocycles. The van der Waals surface area contributed by atoms with Gasteiger partial charge in [0.05, 0.1) is 18.8 Å². The van der Waals surface area contributed by atoms with Crippen molar-refractivity contribution in [1.29, 1.82) is 0 Å². The van der Waals surface area contributed by atoms with Crippen molar-refractivity contribution < 1.29 is 18.9 Å². The zero-order chi connectivity index (χ0) is 17.0. The van der Waals surface area contributed by atoms with Crippen molar-refractivity contribution in [2.75, 3.05) is 34.1 Å². The van der Waals surface area contributed by atoms with Crippen LogP contribution in [0.4, 0.5) is 0 Å². The molecule has 0 radical (unpaired) electrons. The summed E-state index contributed by atoms with van der Waals surface area (Å²) in [5.74, 6) is 2.46. The van der Waals surface area contributed by atoms with E-state index in [2.05, 4.69) is 17.0 Å². The number of benzene rings is 1. The summed E-state index contributed by atoms with van der Waals surface area (Å²) in [6, 6.07) is 2.22. The highest BCUT2D eigenvalue weighted by atomic mass is 16.7. The van der Waals surface area contributed by atoms with Crippen LogP contribution in [0.15, 0.2) is 17.7 Å². The van der Waals surface area contributed by atoms with Gasteiger partial charge in [-0.1, -0.05) is 6.08 Å². The number of hydrogen-bond donors (Lipinski definition) is 0. The van der Waals surface area contributed by atoms with Crippen LogP contribution in [0.1, 0.15) is 36.8 Å². The Labute approximate surface area is 148 Å². The molecule has 3 heterocycles. The molecule has 0 aromatic heterocycles. The molecule has 25 heavy (non-hydrogen) atoms. The summed E-state index contributed by atoms with van der Waals surface area (Å²) in [5, 5.41) is 0. The van der Waals surface area contributed by atoms with E-state index in [0.29, 0.717) is 0 Å². The molecule has 134 valence electrons. The van der Waals surface area contributed by atoms with Gasteiger partial charge in [-0.2, -0.15) is 0 Å². The second kappa shape index (κ2) is 5.64. The van der Waals surface area contributed by atoms with Crippen LogP contribution in [0.25, 0.3) is 0 Å². The third-order valence-corrected chi connectivity index (χ3v) is 6.43. The summed E-state index contributed by atoms with van der Waals surface area (Å²) in [6.07, 6.45) is 7.99. The molecule has 1 aromatic rings. The van der Waals surface area contributed by atoms with Gasteiger partial charge in [0.25, 0.3) is 0 Å². The fraction of sp³-hybridized carbons (Fsp3) is 0.600. The molecule has 5 rings (SSSR count). The fourth-order valence-corrected chi connectivity index (χ4v) is 5.34. The number of fused-ring (bicyclic) bond motifs is 2. The minimum Gasteiger partial charge on any atom is -0.492 e. The average Bonchev–Trinajstić information content (AvgIpc) is 3.22. The van der Waals surface area contributed by atoms with Crippen molar-refractivity contribution in [1.82, 2.24) is 4.90 Å². The fourth-order valence-electron chi connectivity index (χ4n) is 5.34. The van der Waals surface area contributed by atoms with E-state index >= 15 is 0 Å². The van der Waals surface area contributed by atoms with E-state index in [0.717, 1.165) is 62.4 Å². The molecule has 5 nitrogen and oxygen atoms in total. The molecule has 1 spiro atoms. The first-order valence-corrected chi connectivity index (χ1v) is 9.25. The summed E-state index contributed by atoms with van der Waals surface area (Å²) in [5.41, 5.74) is 4.11. The second-order valence-electron chi connectivity index (χ2n) is 7.40. The molecular formula is C20H25NO4. The summed E-state index contributed by atoms with van der Waals surface area (Å²) >= 11 is 0. The minimum absolute atomic E-state index is 0.0704. The first-order valence-electron chi connectivity index (χ1n) is 9.25. The Morgan fingerprint density at radius 2 is 2.12 bits per heavy atom. The molecule has 1 aromatic carbocycles. The molecule has 1 aliphatic carbocycles. The lowest BCUT2D eigenvalue weighted by Crippen LogP contribution is -2.46. The maximum Gasteiger partial charge on any atom is 0.231 e. The van der Waals surface area contributed by atoms with Gasteiger partial charge in [-0.25, -0.2) is 0 Å². The van der Waals surface area contributed by atoms with E-state index in [1.165, 1.54) is 11.1 Å². The van der Waals surface area contributed by atoms with E-state index in [-0.39, 0.29) is 18.4 Å². The molecule has 0 amide bonds. The first kappa shape index (κ1) is 15.5. The van der Waals surface area contributed by atoms with Crippen molar-refractivity contribution >= 4 is 0 Å². The van der Waals surface area contributed by atoms with Crippen LogP contribution in [-0.4, -0.2) is 45.1 Å². The lowest BCUT2D eigenvalue weighted by atomic mass is 9.73. The highest BCUT2D eigenvalue weighted by Crippen LogP contribution is 2.56. The molecule has 0 saturated carbocycles. The van der Waals surface area contributed by atoms with Crippen LogP contribution in [0.2, 0.25) is 0 Å². The molecule has 1 fully saturated rings. The van der Waals surface area contributed by atoms with Gasteiger partial charge in [0, 0.05) is 25.6 Å². The molecular weight excluding hydrogens is 318 g/mol. The Kier molecular flexibility index (Phi) is 3.51. The summed E-state index contributed by atoms with van der Waals surface area (Å²) in [7, 11) is 3.57. The van der Waals surface area contributed by atoms with E-state index in [1.54, 1.807) is 12.7 Å². The average molecular weight is 343 g/mol. The van der Waals surface area contributed by atoms with Gasteiger partial charge >= 0.3 is 0 Å². The molecule has 1 saturated heterocycles. The van der Waals surface area contributed by atoms with E-state index in [9.17, 15) is 0 Å². The predicted octanol–water partition coefficient (Wildman–Crippen LogP) is 3.01. The van der Waals surface area contributed by atoms with Crippen LogP contribution in [-0.2, 0) is 16.7 Å². The minimum atomic E-state index is -0.0704. The van der Waals surface area contributed by atoms with Crippen molar-refractivity contribution in [3.63, 3.8) is 0 Å². The highest BCUT2D eigenvalue weighted by Gasteiger charge is 2.52. The van der Waals surface area contributed by atoms with Crippen molar-refractivity contribution in [2.24, 2.45) is 0 Å². The molecule has 0 N–H and O–H groups in total. The first-order chi connectivity index (χ1) is 12.3. The van der Waals surface area contributed by atoms with E-state index < -0.39 is 0 Å². The summed E-state index contributed by atoms with van der Waals surface area (Å²) in [4.78, 5) is 2.66. The Balaban J connectivity index is 1.77. The standard InChI is InChI=1S/C20H25NO4/c1-22-14-6-5-13-7-9-21-8-3-4-15-16(20(13,21)11-14)10-17-19(18(15)23-2)25-12-24-17/h5,10,14H,3-4,6-9,11-12H2,1-2H3/t14-,20?/m1/s1. The second-order valence-corrected chi connectivity index (χ2v) is 7.40. The number of ether oxygens (including phenoxy) is 4. The van der Waals surface area contributed by atoms with E-state index in [4.69, 9.17) is 18.9 Å². The van der Waals surface area contributed by atoms with Crippen molar-refractivity contribution in [3.8, 4) is 17.2 Å². The summed E-state index contributed by atoms with van der Waals surface area (Å²) < 4.78 is 23.1. The number of nitrogens with zero attached hydrogens (tertiary/aromatic N) is 1. The third-order valence-electron chi connectivity index (χ3n) is 6.43. The highest BCUT2D eigenvalue weighted by molar-refractivity contribution is 5.64. The van der Waals surface area contributed by atoms with Gasteiger partial charge in [-0.05, 0) is 49.4 Å². The van der Waals surface area contributed by atoms with Gasteiger partial charge in [0.1, 0.15) is 0 Å². The normalized spacial score (nSPS) is 30.2. The predicted molar refractivity (Wildman–Crippen MR) is 93.4 cm³/mol. The molecule has 0 bridgehead atoms. The smallest absolute Gasteiger partial charge is 0.231 e. The lowest BCUT2D eigenvalue weighted by Gasteiger charge is -2.44. The molecule has 2 atom stereocenters. The van der Waals surface area contributed by atoms with Crippen LogP contribution in [0.5, 0.6) is 17.2 Å². The van der Waals surface area contributed by atoms with Crippen molar-refractivity contribution in [2.45, 2.75) is 43.7 Å². The Morgan fingerprint density at radius 1 is 1.20 bits per heavy atom. The SMILES string of the molecule is COc1c2c(cc3c1OCO3)C13C[C@H](OC)CC=C1CCN3CCC2. The van der Waals surface area contributed by atoms with Crippen LogP contribution >= 0.6 is 0 Å². The molecule has 1 unspecified atom stereocenters. The van der Waals surface area contributed by atoms with Gasteiger partial charge in [0.2, 0.25) is 12.5 Å². The Hall–Kier alpha value is -1.72. The van der Waals surface area contributed by atoms with Gasteiger partial charge < -0.3 is 18.9 Å². The number of methoxy groups -OCH3 is 2. The number of hydrogen-bond acceptors (Lipinski definition) is 5. The van der Waals surface area contributed by atoms with Crippen LogP contribution in [0.3, 0.4) is 0 Å². The zero-order valence-electron chi connectivity index (χ0n) is 15.0. The molecule has 4 aliphatic rings. The zero-order valence-corrected chi connectivity index (χ0v) is 15.0. The van der Waals surface area contributed by atoms with Crippen molar-refractivity contribution in [3.05, 3.63) is 28.8 Å². The monoisotopic (exact) mass is 343 g/mol. The number of rotatable bonds is 2. The van der Waals surface area contributed by atoms with E-state index in [1.807, 2.05) is 7.11 Å². The van der Waals surface area contributed by atoms with Gasteiger partial charge in [-0.15, -0.1) is 0 Å². The topological polar surface area (TPSA) is 40.2 Å². The maximum absolute atomic E-state index is 5.81. The summed E-state index contributed by atoms with van der Waals surface area (Å²) in [6.45, 7) is 2.51. The third kappa shape index (κ3) is 2.02. The largest absolute Gasteiger partial charge is 0.492 e. The van der Waals surface area contributed by atoms with Gasteiger partial charge in [0.15, 0.2) is 11.5 Å². The Bertz CT molecular complexity index is 744. The lowest BCUT2D eigenvalue weighted by molar-refractivity contribution is 0.0346. The Morgan fingerprint density at radius 3 is 2.96 bits per heavy atom. The van der Waals surface area contributed by atoms with Gasteiger partial charge in [-0.3, -0.25) is 4.90 Å². The van der Waals surface area contributed by atoms with Crippen LogP contribution < -0.4 is 14.2 Å². The maximum atomic E-state index is 5.81. The van der Waals surface area contributed by atoms with Crippen LogP contribution in [0, 0.1) is 0 Å². The quantitative estimate of drug-likeness (QED) is 0.772.